The number of esters is 1. The van der Waals surface area contributed by atoms with Crippen molar-refractivity contribution in [3.05, 3.63) is 77.9 Å². The number of carbonyl (C=O) groups is 2. The van der Waals surface area contributed by atoms with Gasteiger partial charge in [0.2, 0.25) is 0 Å². The molecule has 0 amide bonds. The molecule has 0 aliphatic carbocycles. The number of Topliss-reactive ketones (excluding diaryl/α,β-unsaturated/α-hetero) is 1. The average molecular weight is 306 g/mol. The Hall–Kier alpha value is -2.68. The zero-order valence-electron chi connectivity index (χ0n) is 12.8. The lowest BCUT2D eigenvalue weighted by Gasteiger charge is -2.20. The molecule has 1 atom stereocenters. The van der Waals surface area contributed by atoms with Crippen LogP contribution in [0.5, 0.6) is 0 Å². The highest BCUT2D eigenvalue weighted by Crippen LogP contribution is 2.28. The third kappa shape index (κ3) is 3.57. The van der Waals surface area contributed by atoms with Crippen molar-refractivity contribution in [2.24, 2.45) is 5.92 Å². The Morgan fingerprint density at radius 3 is 2.30 bits per heavy atom. The zero-order valence-corrected chi connectivity index (χ0v) is 12.8. The third-order valence-electron chi connectivity index (χ3n) is 3.98. The van der Waals surface area contributed by atoms with E-state index >= 15 is 0 Å². The Morgan fingerprint density at radius 1 is 0.957 bits per heavy atom. The van der Waals surface area contributed by atoms with Crippen molar-refractivity contribution >= 4 is 17.3 Å². The summed E-state index contributed by atoms with van der Waals surface area (Å²) in [4.78, 5) is 25.0. The molecule has 1 heterocycles. The summed E-state index contributed by atoms with van der Waals surface area (Å²) in [6.45, 7) is 0.313. The van der Waals surface area contributed by atoms with E-state index < -0.39 is 11.9 Å². The van der Waals surface area contributed by atoms with Gasteiger partial charge in [0, 0.05) is 12.0 Å². The van der Waals surface area contributed by atoms with Crippen molar-refractivity contribution in [1.82, 2.24) is 0 Å². The first-order valence-electron chi connectivity index (χ1n) is 7.76. The van der Waals surface area contributed by atoms with Gasteiger partial charge in [-0.15, -0.1) is 0 Å². The summed E-state index contributed by atoms with van der Waals surface area (Å²) in [5.74, 6) is -1.40. The molecular weight excluding hydrogens is 288 g/mol. The molecule has 0 N–H and O–H groups in total. The Balaban J connectivity index is 1.91. The van der Waals surface area contributed by atoms with E-state index in [-0.39, 0.29) is 5.78 Å². The molecule has 2 aromatic carbocycles. The van der Waals surface area contributed by atoms with Crippen LogP contribution in [0.3, 0.4) is 0 Å². The molecule has 0 bridgehead atoms. The van der Waals surface area contributed by atoms with Crippen LogP contribution in [0.1, 0.15) is 28.8 Å². The number of ketones is 1. The SMILES string of the molecule is O=C1OCC/C=C(/c2ccccc2)CC1C(=O)c1ccccc1. The molecule has 23 heavy (non-hydrogen) atoms. The molecule has 0 radical (unpaired) electrons. The van der Waals surface area contributed by atoms with Gasteiger partial charge in [-0.1, -0.05) is 66.7 Å². The van der Waals surface area contributed by atoms with E-state index in [2.05, 4.69) is 6.08 Å². The smallest absolute Gasteiger partial charge is 0.317 e. The minimum Gasteiger partial charge on any atom is -0.465 e. The van der Waals surface area contributed by atoms with E-state index in [0.717, 1.165) is 11.1 Å². The fourth-order valence-electron chi connectivity index (χ4n) is 2.77. The quantitative estimate of drug-likeness (QED) is 0.490. The lowest BCUT2D eigenvalue weighted by atomic mass is 9.87. The lowest BCUT2D eigenvalue weighted by Crippen LogP contribution is -2.28. The Bertz CT molecular complexity index is 717. The van der Waals surface area contributed by atoms with Gasteiger partial charge in [0.25, 0.3) is 0 Å². The van der Waals surface area contributed by atoms with Gasteiger partial charge in [-0.2, -0.15) is 0 Å². The number of rotatable bonds is 3. The number of cyclic esters (lactones) is 1. The lowest BCUT2D eigenvalue weighted by molar-refractivity contribution is -0.146. The Labute approximate surface area is 135 Å². The maximum Gasteiger partial charge on any atom is 0.317 e. The summed E-state index contributed by atoms with van der Waals surface area (Å²) in [5, 5.41) is 0. The van der Waals surface area contributed by atoms with Crippen molar-refractivity contribution in [2.45, 2.75) is 12.8 Å². The number of ether oxygens (including phenoxy) is 1. The van der Waals surface area contributed by atoms with Gasteiger partial charge in [-0.25, -0.2) is 0 Å². The largest absolute Gasteiger partial charge is 0.465 e. The first-order valence-corrected chi connectivity index (χ1v) is 7.76. The molecule has 2 aromatic rings. The normalized spacial score (nSPS) is 20.6. The van der Waals surface area contributed by atoms with Gasteiger partial charge in [0.15, 0.2) is 5.78 Å². The van der Waals surface area contributed by atoms with E-state index in [1.54, 1.807) is 24.3 Å². The minimum atomic E-state index is -0.788. The van der Waals surface area contributed by atoms with E-state index in [9.17, 15) is 9.59 Å². The molecule has 0 saturated heterocycles. The molecule has 3 heteroatoms. The van der Waals surface area contributed by atoms with Crippen molar-refractivity contribution in [3.63, 3.8) is 0 Å². The highest BCUT2D eigenvalue weighted by Gasteiger charge is 2.31. The van der Waals surface area contributed by atoms with Crippen LogP contribution in [0.25, 0.3) is 5.57 Å². The summed E-state index contributed by atoms with van der Waals surface area (Å²) < 4.78 is 5.22. The maximum absolute atomic E-state index is 12.7. The number of hydrogen-bond acceptors (Lipinski definition) is 3. The predicted molar refractivity (Wildman–Crippen MR) is 88.9 cm³/mol. The summed E-state index contributed by atoms with van der Waals surface area (Å²) in [7, 11) is 0. The molecular formula is C20H18O3. The van der Waals surface area contributed by atoms with Gasteiger partial charge < -0.3 is 4.74 Å². The third-order valence-corrected chi connectivity index (χ3v) is 3.98. The second-order valence-corrected chi connectivity index (χ2v) is 5.54. The fraction of sp³-hybridized carbons (Fsp3) is 0.200. The molecule has 1 aliphatic rings. The number of benzene rings is 2. The molecule has 3 rings (SSSR count). The number of allylic oxidation sites excluding steroid dienone is 1. The van der Waals surface area contributed by atoms with Crippen molar-refractivity contribution in [1.29, 1.82) is 0 Å². The van der Waals surface area contributed by atoms with Crippen LogP contribution < -0.4 is 0 Å². The van der Waals surface area contributed by atoms with Gasteiger partial charge in [-0.3, -0.25) is 9.59 Å². The van der Waals surface area contributed by atoms with Crippen LogP contribution in [0.2, 0.25) is 0 Å². The standard InChI is InChI=1S/C20H18O3/c21-19(16-10-5-2-6-11-16)18-14-17(12-7-13-23-20(18)22)15-8-3-1-4-9-15/h1-6,8-12,18H,7,13-14H2/b17-12+. The fourth-order valence-corrected chi connectivity index (χ4v) is 2.77. The van der Waals surface area contributed by atoms with Crippen LogP contribution in [0, 0.1) is 5.92 Å². The van der Waals surface area contributed by atoms with Crippen LogP contribution in [-0.2, 0) is 9.53 Å². The first kappa shape index (κ1) is 15.2. The summed E-state index contributed by atoms with van der Waals surface area (Å²) in [6, 6.07) is 18.8. The molecule has 1 aliphatic heterocycles. The van der Waals surface area contributed by atoms with E-state index in [0.29, 0.717) is 25.0 Å². The summed E-state index contributed by atoms with van der Waals surface area (Å²) >= 11 is 0. The molecule has 0 aromatic heterocycles. The molecule has 116 valence electrons. The van der Waals surface area contributed by atoms with Crippen molar-refractivity contribution in [2.75, 3.05) is 6.61 Å². The number of carbonyl (C=O) groups excluding carboxylic acids is 2. The zero-order chi connectivity index (χ0) is 16.1. The van der Waals surface area contributed by atoms with Crippen molar-refractivity contribution in [3.8, 4) is 0 Å². The highest BCUT2D eigenvalue weighted by atomic mass is 16.5. The minimum absolute atomic E-state index is 0.181. The van der Waals surface area contributed by atoms with Crippen LogP contribution in [0.4, 0.5) is 0 Å². The van der Waals surface area contributed by atoms with Gasteiger partial charge in [-0.05, 0) is 17.6 Å². The highest BCUT2D eigenvalue weighted by molar-refractivity contribution is 6.09. The van der Waals surface area contributed by atoms with Gasteiger partial charge in [0.1, 0.15) is 5.92 Å². The number of hydrogen-bond donors (Lipinski definition) is 0. The molecule has 0 saturated carbocycles. The van der Waals surface area contributed by atoms with E-state index in [4.69, 9.17) is 4.74 Å². The second kappa shape index (κ2) is 7.05. The topological polar surface area (TPSA) is 43.4 Å². The van der Waals surface area contributed by atoms with Crippen LogP contribution in [0.15, 0.2) is 66.7 Å². The van der Waals surface area contributed by atoms with Crippen LogP contribution in [-0.4, -0.2) is 18.4 Å². The van der Waals surface area contributed by atoms with Crippen molar-refractivity contribution < 1.29 is 14.3 Å². The van der Waals surface area contributed by atoms with Gasteiger partial charge >= 0.3 is 5.97 Å². The van der Waals surface area contributed by atoms with E-state index in [1.807, 2.05) is 36.4 Å². The Kier molecular flexibility index (Phi) is 4.67. The monoisotopic (exact) mass is 306 g/mol. The van der Waals surface area contributed by atoms with E-state index in [1.165, 1.54) is 0 Å². The Morgan fingerprint density at radius 2 is 1.61 bits per heavy atom. The maximum atomic E-state index is 12.7. The predicted octanol–water partition coefficient (Wildman–Crippen LogP) is 3.91. The summed E-state index contributed by atoms with van der Waals surface area (Å²) in [5.41, 5.74) is 2.62. The first-order chi connectivity index (χ1) is 11.3. The average Bonchev–Trinajstić information content (AvgIpc) is 2.60. The molecule has 0 fully saturated rings. The molecule has 0 spiro atoms. The summed E-state index contributed by atoms with van der Waals surface area (Å²) in [6.07, 6.45) is 3.10. The molecule has 1 unspecified atom stereocenters. The van der Waals surface area contributed by atoms with Crippen LogP contribution >= 0.6 is 0 Å². The van der Waals surface area contributed by atoms with Gasteiger partial charge in [0.05, 0.1) is 6.61 Å². The second-order valence-electron chi connectivity index (χ2n) is 5.54. The molecule has 3 nitrogen and oxygen atoms in total.